The molecule has 32 heavy (non-hydrogen) atoms. The predicted octanol–water partition coefficient (Wildman–Crippen LogP) is 3.23. The van der Waals surface area contributed by atoms with Gasteiger partial charge in [0.15, 0.2) is 0 Å². The molecule has 1 heterocycles. The van der Waals surface area contributed by atoms with Crippen molar-refractivity contribution in [3.8, 4) is 11.5 Å². The normalized spacial score (nSPS) is 13.2. The van der Waals surface area contributed by atoms with Gasteiger partial charge in [-0.25, -0.2) is 8.42 Å². The number of rotatable bonds is 6. The summed E-state index contributed by atoms with van der Waals surface area (Å²) >= 11 is 0. The van der Waals surface area contributed by atoms with Crippen molar-refractivity contribution in [2.75, 3.05) is 33.9 Å². The Morgan fingerprint density at radius 3 is 2.28 bits per heavy atom. The highest BCUT2D eigenvalue weighted by Crippen LogP contribution is 2.30. The van der Waals surface area contributed by atoms with E-state index in [0.29, 0.717) is 28.6 Å². The van der Waals surface area contributed by atoms with Crippen molar-refractivity contribution < 1.29 is 22.7 Å². The van der Waals surface area contributed by atoms with Gasteiger partial charge in [-0.05, 0) is 48.5 Å². The highest BCUT2D eigenvalue weighted by Gasteiger charge is 2.30. The Bertz CT molecular complexity index is 1240. The van der Waals surface area contributed by atoms with Gasteiger partial charge in [0, 0.05) is 0 Å². The summed E-state index contributed by atoms with van der Waals surface area (Å²) in [5.41, 5.74) is 1.35. The van der Waals surface area contributed by atoms with Crippen molar-refractivity contribution in [1.29, 1.82) is 0 Å². The number of fused-ring (bicyclic) bond motifs is 1. The van der Waals surface area contributed by atoms with E-state index in [-0.39, 0.29) is 12.5 Å². The molecule has 1 aliphatic heterocycles. The van der Waals surface area contributed by atoms with E-state index in [1.165, 1.54) is 4.90 Å². The van der Waals surface area contributed by atoms with Crippen LogP contribution in [0.3, 0.4) is 0 Å². The highest BCUT2D eigenvalue weighted by atomic mass is 32.2. The van der Waals surface area contributed by atoms with E-state index in [9.17, 15) is 18.0 Å². The van der Waals surface area contributed by atoms with E-state index in [1.54, 1.807) is 48.5 Å². The molecule has 0 aromatic heterocycles. The zero-order valence-electron chi connectivity index (χ0n) is 17.3. The second-order valence-electron chi connectivity index (χ2n) is 7.22. The fourth-order valence-electron chi connectivity index (χ4n) is 3.37. The van der Waals surface area contributed by atoms with E-state index in [2.05, 4.69) is 5.32 Å². The number of nitrogens with zero attached hydrogens (tertiary/aromatic N) is 2. The second kappa shape index (κ2) is 8.72. The van der Waals surface area contributed by atoms with Crippen LogP contribution in [0, 0.1) is 0 Å². The first-order valence-corrected chi connectivity index (χ1v) is 11.7. The van der Waals surface area contributed by atoms with Crippen LogP contribution in [-0.4, -0.2) is 39.6 Å². The molecule has 3 aromatic carbocycles. The number of hydrogen-bond donors (Lipinski definition) is 1. The zero-order valence-corrected chi connectivity index (χ0v) is 18.1. The number of nitrogens with one attached hydrogen (secondary N) is 1. The summed E-state index contributed by atoms with van der Waals surface area (Å²) in [6.45, 7) is -0.628. The summed E-state index contributed by atoms with van der Waals surface area (Å²) < 4.78 is 31.7. The summed E-state index contributed by atoms with van der Waals surface area (Å²) in [6, 6.07) is 22.5. The van der Waals surface area contributed by atoms with Crippen molar-refractivity contribution in [3.05, 3.63) is 78.9 Å². The van der Waals surface area contributed by atoms with Gasteiger partial charge in [0.25, 0.3) is 0 Å². The topological polar surface area (TPSA) is 96.0 Å². The van der Waals surface area contributed by atoms with Gasteiger partial charge in [0.05, 0.1) is 23.3 Å². The number of anilines is 3. The van der Waals surface area contributed by atoms with E-state index >= 15 is 0 Å². The largest absolute Gasteiger partial charge is 0.457 e. The van der Waals surface area contributed by atoms with Crippen LogP contribution in [0.2, 0.25) is 0 Å². The molecule has 0 saturated carbocycles. The van der Waals surface area contributed by atoms with Crippen molar-refractivity contribution in [2.45, 2.75) is 0 Å². The zero-order chi connectivity index (χ0) is 22.7. The van der Waals surface area contributed by atoms with Crippen LogP contribution in [0.15, 0.2) is 78.9 Å². The third-order valence-electron chi connectivity index (χ3n) is 4.85. The van der Waals surface area contributed by atoms with Gasteiger partial charge < -0.3 is 10.1 Å². The molecule has 9 heteroatoms. The first-order valence-electron chi connectivity index (χ1n) is 9.81. The van der Waals surface area contributed by atoms with Crippen LogP contribution in [0.1, 0.15) is 0 Å². The number of amides is 2. The fourth-order valence-corrected chi connectivity index (χ4v) is 4.22. The number of para-hydroxylation sites is 3. The molecule has 164 valence electrons. The summed E-state index contributed by atoms with van der Waals surface area (Å²) in [5, 5.41) is 2.71. The average Bonchev–Trinajstić information content (AvgIpc) is 2.77. The Morgan fingerprint density at radius 1 is 0.969 bits per heavy atom. The fraction of sp³-hybridized carbons (Fsp3) is 0.130. The Hall–Kier alpha value is -3.85. The number of carbonyl (C=O) groups is 2. The number of sulfonamides is 1. The average molecular weight is 452 g/mol. The molecule has 8 nitrogen and oxygen atoms in total. The number of carbonyl (C=O) groups excluding carboxylic acids is 2. The predicted molar refractivity (Wildman–Crippen MR) is 123 cm³/mol. The van der Waals surface area contributed by atoms with Gasteiger partial charge in [0.1, 0.15) is 24.6 Å². The van der Waals surface area contributed by atoms with Gasteiger partial charge in [0.2, 0.25) is 21.8 Å². The van der Waals surface area contributed by atoms with E-state index in [0.717, 1.165) is 10.6 Å². The van der Waals surface area contributed by atoms with Crippen molar-refractivity contribution in [3.63, 3.8) is 0 Å². The van der Waals surface area contributed by atoms with E-state index < -0.39 is 22.5 Å². The number of benzene rings is 3. The Balaban J connectivity index is 1.56. The molecular weight excluding hydrogens is 430 g/mol. The third kappa shape index (κ3) is 4.73. The van der Waals surface area contributed by atoms with E-state index in [4.69, 9.17) is 4.74 Å². The van der Waals surface area contributed by atoms with Gasteiger partial charge in [-0.1, -0.05) is 30.3 Å². The second-order valence-corrected chi connectivity index (χ2v) is 9.13. The molecular formula is C23H21N3O5S. The summed E-state index contributed by atoms with van der Waals surface area (Å²) in [6.07, 6.45) is 1.03. The molecule has 1 aliphatic rings. The lowest BCUT2D eigenvalue weighted by Gasteiger charge is -2.31. The maximum absolute atomic E-state index is 13.1. The van der Waals surface area contributed by atoms with Crippen LogP contribution in [-0.2, 0) is 19.6 Å². The van der Waals surface area contributed by atoms with Gasteiger partial charge in [-0.3, -0.25) is 18.8 Å². The van der Waals surface area contributed by atoms with Gasteiger partial charge >= 0.3 is 0 Å². The number of ether oxygens (including phenoxy) is 1. The first-order chi connectivity index (χ1) is 15.3. The van der Waals surface area contributed by atoms with Gasteiger partial charge in [-0.2, -0.15) is 0 Å². The van der Waals surface area contributed by atoms with Crippen LogP contribution in [0.4, 0.5) is 17.1 Å². The maximum atomic E-state index is 13.1. The van der Waals surface area contributed by atoms with Crippen LogP contribution >= 0.6 is 0 Å². The molecule has 1 N–H and O–H groups in total. The van der Waals surface area contributed by atoms with Crippen molar-refractivity contribution in [1.82, 2.24) is 0 Å². The monoisotopic (exact) mass is 451 g/mol. The smallest absolute Gasteiger partial charge is 0.248 e. The first kappa shape index (κ1) is 21.4. The van der Waals surface area contributed by atoms with Crippen LogP contribution in [0.5, 0.6) is 11.5 Å². The molecule has 0 atom stereocenters. The molecule has 3 aromatic rings. The Labute approximate surface area is 186 Å². The molecule has 4 rings (SSSR count). The molecule has 0 unspecified atom stereocenters. The Morgan fingerprint density at radius 2 is 1.59 bits per heavy atom. The Kier molecular flexibility index (Phi) is 5.83. The van der Waals surface area contributed by atoms with Crippen molar-refractivity contribution >= 4 is 38.9 Å². The molecule has 0 radical (unpaired) electrons. The molecule has 2 amide bonds. The molecule has 0 aliphatic carbocycles. The molecule has 0 spiro atoms. The summed E-state index contributed by atoms with van der Waals surface area (Å²) in [4.78, 5) is 26.4. The quantitative estimate of drug-likeness (QED) is 0.621. The minimum absolute atomic E-state index is 0.183. The lowest BCUT2D eigenvalue weighted by atomic mass is 10.2. The molecule has 0 fully saturated rings. The minimum atomic E-state index is -3.77. The molecule has 0 saturated heterocycles. The highest BCUT2D eigenvalue weighted by molar-refractivity contribution is 7.92. The summed E-state index contributed by atoms with van der Waals surface area (Å²) in [5.74, 6) is 0.325. The summed E-state index contributed by atoms with van der Waals surface area (Å²) in [7, 11) is -3.77. The van der Waals surface area contributed by atoms with Gasteiger partial charge in [-0.15, -0.1) is 0 Å². The SMILES string of the molecule is CS(=O)(=O)N(CC(=O)N1CC(=O)Nc2ccccc21)c1ccc(Oc2ccccc2)cc1. The third-order valence-corrected chi connectivity index (χ3v) is 6.00. The lowest BCUT2D eigenvalue weighted by Crippen LogP contribution is -2.47. The maximum Gasteiger partial charge on any atom is 0.248 e. The minimum Gasteiger partial charge on any atom is -0.457 e. The molecule has 0 bridgehead atoms. The van der Waals surface area contributed by atoms with Crippen molar-refractivity contribution in [2.24, 2.45) is 0 Å². The standard InChI is InChI=1S/C23H21N3O5S/c1-32(29,30)26(17-11-13-19(14-12-17)31-18-7-3-2-4-8-18)16-23(28)25-15-22(27)24-20-9-5-6-10-21(20)25/h2-14H,15-16H2,1H3,(H,24,27). The van der Waals surface area contributed by atoms with E-state index in [1.807, 2.05) is 30.3 Å². The van der Waals surface area contributed by atoms with Crippen LogP contribution < -0.4 is 19.3 Å². The number of hydrogen-bond acceptors (Lipinski definition) is 5. The van der Waals surface area contributed by atoms with Crippen LogP contribution in [0.25, 0.3) is 0 Å². The lowest BCUT2D eigenvalue weighted by molar-refractivity contribution is -0.121.